The fourth-order valence-corrected chi connectivity index (χ4v) is 3.44. The van der Waals surface area contributed by atoms with Crippen LogP contribution in [0, 0.1) is 11.6 Å². The second kappa shape index (κ2) is 8.45. The first kappa shape index (κ1) is 18.6. The number of rotatable bonds is 4. The summed E-state index contributed by atoms with van der Waals surface area (Å²) >= 11 is 5.24. The Morgan fingerprint density at radius 3 is 2.38 bits per heavy atom. The van der Waals surface area contributed by atoms with Crippen molar-refractivity contribution in [3.8, 4) is 0 Å². The zero-order chi connectivity index (χ0) is 18.5. The minimum Gasteiger partial charge on any atom is -0.372 e. The molecular formula is C20H23F2N3S. The molecule has 1 fully saturated rings. The first-order valence-electron chi connectivity index (χ1n) is 8.90. The minimum absolute atomic E-state index is 0.0334. The number of hydrogen-bond donors (Lipinski definition) is 2. The molecule has 0 aromatic heterocycles. The van der Waals surface area contributed by atoms with E-state index < -0.39 is 11.6 Å². The van der Waals surface area contributed by atoms with Crippen molar-refractivity contribution in [3.05, 3.63) is 59.7 Å². The fraction of sp³-hybridized carbons (Fsp3) is 0.350. The molecule has 2 aromatic rings. The highest BCUT2D eigenvalue weighted by Gasteiger charge is 2.13. The summed E-state index contributed by atoms with van der Waals surface area (Å²) in [6.07, 6.45) is 3.81. The quantitative estimate of drug-likeness (QED) is 0.735. The molecule has 0 saturated carbocycles. The van der Waals surface area contributed by atoms with E-state index in [1.165, 1.54) is 37.1 Å². The summed E-state index contributed by atoms with van der Waals surface area (Å²) in [5, 5.41) is 6.20. The molecule has 6 heteroatoms. The highest BCUT2D eigenvalue weighted by atomic mass is 32.1. The molecule has 0 bridgehead atoms. The lowest BCUT2D eigenvalue weighted by Gasteiger charge is -2.29. The summed E-state index contributed by atoms with van der Waals surface area (Å²) in [4.78, 5) is 2.41. The summed E-state index contributed by atoms with van der Waals surface area (Å²) in [5.74, 6) is -1.29. The van der Waals surface area contributed by atoms with Crippen LogP contribution in [0.1, 0.15) is 37.8 Å². The number of nitrogens with zero attached hydrogens (tertiary/aromatic N) is 1. The van der Waals surface area contributed by atoms with Gasteiger partial charge in [-0.15, -0.1) is 0 Å². The number of hydrogen-bond acceptors (Lipinski definition) is 2. The number of piperidine rings is 1. The van der Waals surface area contributed by atoms with Gasteiger partial charge in [0, 0.05) is 24.8 Å². The zero-order valence-corrected chi connectivity index (χ0v) is 15.6. The SMILES string of the molecule is CC(NC(=S)Nc1ccc(F)cc1F)c1ccc(N2CCCCC2)cc1. The Kier molecular flexibility index (Phi) is 6.04. The van der Waals surface area contributed by atoms with E-state index >= 15 is 0 Å². The molecule has 0 aliphatic carbocycles. The van der Waals surface area contributed by atoms with Gasteiger partial charge in [0.25, 0.3) is 0 Å². The predicted molar refractivity (Wildman–Crippen MR) is 107 cm³/mol. The van der Waals surface area contributed by atoms with Gasteiger partial charge in [-0.2, -0.15) is 0 Å². The van der Waals surface area contributed by atoms with Gasteiger partial charge in [-0.1, -0.05) is 12.1 Å². The molecule has 1 heterocycles. The smallest absolute Gasteiger partial charge is 0.171 e. The van der Waals surface area contributed by atoms with Gasteiger partial charge in [-0.25, -0.2) is 8.78 Å². The molecule has 1 saturated heterocycles. The lowest BCUT2D eigenvalue weighted by Crippen LogP contribution is -2.31. The number of thiocarbonyl (C=S) groups is 1. The molecule has 0 amide bonds. The van der Waals surface area contributed by atoms with E-state index in [2.05, 4.69) is 39.8 Å². The van der Waals surface area contributed by atoms with E-state index in [0.29, 0.717) is 5.11 Å². The third-order valence-corrected chi connectivity index (χ3v) is 4.86. The Hall–Kier alpha value is -2.21. The van der Waals surface area contributed by atoms with Crippen LogP contribution in [0.3, 0.4) is 0 Å². The van der Waals surface area contributed by atoms with Gasteiger partial charge >= 0.3 is 0 Å². The lowest BCUT2D eigenvalue weighted by molar-refractivity contribution is 0.577. The molecule has 1 atom stereocenters. The molecule has 138 valence electrons. The molecule has 1 aliphatic heterocycles. The van der Waals surface area contributed by atoms with Crippen LogP contribution in [-0.4, -0.2) is 18.2 Å². The summed E-state index contributed by atoms with van der Waals surface area (Å²) < 4.78 is 26.7. The van der Waals surface area contributed by atoms with Gasteiger partial charge in [0.05, 0.1) is 11.7 Å². The normalized spacial score (nSPS) is 15.4. The number of benzene rings is 2. The maximum absolute atomic E-state index is 13.7. The van der Waals surface area contributed by atoms with Crippen LogP contribution in [0.2, 0.25) is 0 Å². The maximum atomic E-state index is 13.7. The molecule has 1 aliphatic rings. The largest absolute Gasteiger partial charge is 0.372 e. The average Bonchev–Trinajstić information content (AvgIpc) is 2.65. The Bertz CT molecular complexity index is 758. The Morgan fingerprint density at radius 1 is 1.04 bits per heavy atom. The van der Waals surface area contributed by atoms with Crippen LogP contribution in [-0.2, 0) is 0 Å². The van der Waals surface area contributed by atoms with Crippen LogP contribution >= 0.6 is 12.2 Å². The molecule has 1 unspecified atom stereocenters. The van der Waals surface area contributed by atoms with Crippen molar-refractivity contribution >= 4 is 28.7 Å². The first-order chi connectivity index (χ1) is 12.5. The third-order valence-electron chi connectivity index (χ3n) is 4.64. The molecule has 0 spiro atoms. The third kappa shape index (κ3) is 4.69. The molecule has 2 N–H and O–H groups in total. The van der Waals surface area contributed by atoms with Crippen LogP contribution in [0.5, 0.6) is 0 Å². The molecule has 0 radical (unpaired) electrons. The van der Waals surface area contributed by atoms with Gasteiger partial charge < -0.3 is 15.5 Å². The van der Waals surface area contributed by atoms with E-state index in [0.717, 1.165) is 24.7 Å². The standard InChI is InChI=1S/C20H23F2N3S/c1-14(23-20(26)24-19-10-7-16(21)13-18(19)22)15-5-8-17(9-6-15)25-11-3-2-4-12-25/h5-10,13-14H,2-4,11-12H2,1H3,(H2,23,24,26). The van der Waals surface area contributed by atoms with Crippen molar-refractivity contribution in [1.82, 2.24) is 5.32 Å². The second-order valence-corrected chi connectivity index (χ2v) is 6.99. The summed E-state index contributed by atoms with van der Waals surface area (Å²) in [6, 6.07) is 11.8. The van der Waals surface area contributed by atoms with Crippen molar-refractivity contribution < 1.29 is 8.78 Å². The zero-order valence-electron chi connectivity index (χ0n) is 14.8. The van der Waals surface area contributed by atoms with E-state index in [1.54, 1.807) is 0 Å². The highest BCUT2D eigenvalue weighted by molar-refractivity contribution is 7.80. The van der Waals surface area contributed by atoms with Gasteiger partial charge in [0.1, 0.15) is 11.6 Å². The van der Waals surface area contributed by atoms with Gasteiger partial charge in [0.2, 0.25) is 0 Å². The number of nitrogens with one attached hydrogen (secondary N) is 2. The Balaban J connectivity index is 1.58. The van der Waals surface area contributed by atoms with E-state index in [9.17, 15) is 8.78 Å². The van der Waals surface area contributed by atoms with E-state index in [-0.39, 0.29) is 11.7 Å². The van der Waals surface area contributed by atoms with Crippen LogP contribution in [0.4, 0.5) is 20.2 Å². The van der Waals surface area contributed by atoms with Crippen molar-refractivity contribution in [3.63, 3.8) is 0 Å². The van der Waals surface area contributed by atoms with E-state index in [4.69, 9.17) is 12.2 Å². The molecule has 3 nitrogen and oxygen atoms in total. The monoisotopic (exact) mass is 375 g/mol. The maximum Gasteiger partial charge on any atom is 0.171 e. The topological polar surface area (TPSA) is 27.3 Å². The first-order valence-corrected chi connectivity index (χ1v) is 9.31. The van der Waals surface area contributed by atoms with Gasteiger partial charge in [-0.05, 0) is 68.2 Å². The highest BCUT2D eigenvalue weighted by Crippen LogP contribution is 2.22. The van der Waals surface area contributed by atoms with Crippen LogP contribution in [0.25, 0.3) is 0 Å². The summed E-state index contributed by atoms with van der Waals surface area (Å²) in [6.45, 7) is 4.22. The van der Waals surface area contributed by atoms with Gasteiger partial charge in [0.15, 0.2) is 5.11 Å². The Labute approximate surface area is 158 Å². The molecular weight excluding hydrogens is 352 g/mol. The summed E-state index contributed by atoms with van der Waals surface area (Å²) in [7, 11) is 0. The van der Waals surface area contributed by atoms with Crippen molar-refractivity contribution in [2.75, 3.05) is 23.3 Å². The minimum atomic E-state index is -0.673. The van der Waals surface area contributed by atoms with Crippen LogP contribution in [0.15, 0.2) is 42.5 Å². The number of anilines is 2. The van der Waals surface area contributed by atoms with E-state index in [1.807, 2.05) is 6.92 Å². The second-order valence-electron chi connectivity index (χ2n) is 6.58. The molecule has 2 aromatic carbocycles. The molecule has 3 rings (SSSR count). The lowest BCUT2D eigenvalue weighted by atomic mass is 10.1. The molecule has 26 heavy (non-hydrogen) atoms. The Morgan fingerprint density at radius 2 is 1.73 bits per heavy atom. The van der Waals surface area contributed by atoms with Crippen molar-refractivity contribution in [1.29, 1.82) is 0 Å². The van der Waals surface area contributed by atoms with Crippen LogP contribution < -0.4 is 15.5 Å². The average molecular weight is 375 g/mol. The number of halogens is 2. The predicted octanol–water partition coefficient (Wildman–Crippen LogP) is 5.00. The van der Waals surface area contributed by atoms with Gasteiger partial charge in [-0.3, -0.25) is 0 Å². The van der Waals surface area contributed by atoms with Crippen molar-refractivity contribution in [2.24, 2.45) is 0 Å². The van der Waals surface area contributed by atoms with Crippen molar-refractivity contribution in [2.45, 2.75) is 32.2 Å². The fourth-order valence-electron chi connectivity index (χ4n) is 3.16. The summed E-state index contributed by atoms with van der Waals surface area (Å²) in [5.41, 5.74) is 2.49.